The molecule has 1 saturated carbocycles. The van der Waals surface area contributed by atoms with Crippen molar-refractivity contribution in [1.29, 1.82) is 0 Å². The minimum atomic E-state index is -0.00965. The monoisotopic (exact) mass is 310 g/mol. The first-order valence-electron chi connectivity index (χ1n) is 8.26. The Morgan fingerprint density at radius 1 is 1.29 bits per heavy atom. The molecule has 1 aromatic rings. The van der Waals surface area contributed by atoms with Crippen LogP contribution in [0.1, 0.15) is 58.3 Å². The Labute approximate surface area is 133 Å². The summed E-state index contributed by atoms with van der Waals surface area (Å²) in [7, 11) is 0. The van der Waals surface area contributed by atoms with Crippen LogP contribution in [-0.2, 0) is 11.2 Å². The zero-order valence-electron chi connectivity index (χ0n) is 13.9. The maximum absolute atomic E-state index is 6.35. The summed E-state index contributed by atoms with van der Waals surface area (Å²) >= 11 is 1.75. The maximum Gasteiger partial charge on any atom is 0.0838 e. The van der Waals surface area contributed by atoms with Crippen LogP contribution in [0.5, 0.6) is 0 Å². The zero-order valence-corrected chi connectivity index (χ0v) is 14.8. The minimum absolute atomic E-state index is 0.00965. The lowest BCUT2D eigenvalue weighted by Gasteiger charge is -2.48. The molecule has 1 aliphatic rings. The van der Waals surface area contributed by atoms with Crippen molar-refractivity contribution in [2.45, 2.75) is 71.4 Å². The van der Waals surface area contributed by atoms with Gasteiger partial charge < -0.3 is 10.1 Å². The molecule has 1 heterocycles. The predicted octanol–water partition coefficient (Wildman–Crippen LogP) is 4.04. The highest BCUT2D eigenvalue weighted by molar-refractivity contribution is 7.09. The molecular weight excluding hydrogens is 280 g/mol. The SMILES string of the molecule is CCNC(Cc1cncs1)C1(OCC)CCC(C)(C)CC1. The maximum atomic E-state index is 6.35. The van der Waals surface area contributed by atoms with E-state index in [9.17, 15) is 0 Å². The quantitative estimate of drug-likeness (QED) is 0.825. The van der Waals surface area contributed by atoms with Gasteiger partial charge in [0.05, 0.1) is 11.1 Å². The third kappa shape index (κ3) is 4.27. The van der Waals surface area contributed by atoms with Gasteiger partial charge >= 0.3 is 0 Å². The molecule has 1 N–H and O–H groups in total. The van der Waals surface area contributed by atoms with Gasteiger partial charge in [0, 0.05) is 30.1 Å². The summed E-state index contributed by atoms with van der Waals surface area (Å²) in [6.07, 6.45) is 7.84. The molecule has 1 aromatic heterocycles. The van der Waals surface area contributed by atoms with Gasteiger partial charge in [0.1, 0.15) is 0 Å². The van der Waals surface area contributed by atoms with Crippen LogP contribution in [-0.4, -0.2) is 29.8 Å². The number of likely N-dealkylation sites (N-methyl/N-ethyl adjacent to an activating group) is 1. The van der Waals surface area contributed by atoms with Crippen molar-refractivity contribution < 1.29 is 4.74 Å². The molecular formula is C17H30N2OS. The van der Waals surface area contributed by atoms with Gasteiger partial charge in [-0.05, 0) is 44.6 Å². The summed E-state index contributed by atoms with van der Waals surface area (Å²) in [6.45, 7) is 10.9. The number of ether oxygens (including phenoxy) is 1. The van der Waals surface area contributed by atoms with Crippen LogP contribution in [0.3, 0.4) is 0 Å². The van der Waals surface area contributed by atoms with Crippen LogP contribution in [0.25, 0.3) is 0 Å². The summed E-state index contributed by atoms with van der Waals surface area (Å²) in [4.78, 5) is 5.57. The van der Waals surface area contributed by atoms with Gasteiger partial charge in [0.25, 0.3) is 0 Å². The second-order valence-corrected chi connectivity index (χ2v) is 7.92. The normalized spacial score (nSPS) is 22.1. The summed E-state index contributed by atoms with van der Waals surface area (Å²) in [5, 5.41) is 3.70. The van der Waals surface area contributed by atoms with E-state index in [0.717, 1.165) is 32.4 Å². The van der Waals surface area contributed by atoms with Gasteiger partial charge in [0.15, 0.2) is 0 Å². The van der Waals surface area contributed by atoms with E-state index >= 15 is 0 Å². The van der Waals surface area contributed by atoms with Gasteiger partial charge in [-0.1, -0.05) is 20.8 Å². The number of hydrogen-bond donors (Lipinski definition) is 1. The smallest absolute Gasteiger partial charge is 0.0838 e. The number of aromatic nitrogens is 1. The number of hydrogen-bond acceptors (Lipinski definition) is 4. The van der Waals surface area contributed by atoms with Crippen molar-refractivity contribution in [1.82, 2.24) is 10.3 Å². The fourth-order valence-electron chi connectivity index (χ4n) is 3.47. The van der Waals surface area contributed by atoms with Crippen LogP contribution in [0.15, 0.2) is 11.7 Å². The van der Waals surface area contributed by atoms with Crippen molar-refractivity contribution >= 4 is 11.3 Å². The molecule has 0 aromatic carbocycles. The van der Waals surface area contributed by atoms with Crippen molar-refractivity contribution in [3.05, 3.63) is 16.6 Å². The van der Waals surface area contributed by atoms with E-state index in [1.54, 1.807) is 11.3 Å². The second kappa shape index (κ2) is 7.21. The Hall–Kier alpha value is -0.450. The molecule has 0 aliphatic heterocycles. The average Bonchev–Trinajstić information content (AvgIpc) is 2.94. The van der Waals surface area contributed by atoms with Gasteiger partial charge in [-0.3, -0.25) is 4.98 Å². The van der Waals surface area contributed by atoms with Gasteiger partial charge in [-0.15, -0.1) is 11.3 Å². The molecule has 120 valence electrons. The average molecular weight is 311 g/mol. The predicted molar refractivity (Wildman–Crippen MR) is 89.9 cm³/mol. The van der Waals surface area contributed by atoms with E-state index in [2.05, 4.69) is 38.0 Å². The second-order valence-electron chi connectivity index (χ2n) is 6.94. The molecule has 0 spiro atoms. The Bertz CT molecular complexity index is 406. The molecule has 1 unspecified atom stereocenters. The van der Waals surface area contributed by atoms with Crippen LogP contribution in [0, 0.1) is 5.41 Å². The summed E-state index contributed by atoms with van der Waals surface area (Å²) in [6, 6.07) is 0.388. The van der Waals surface area contributed by atoms with Crippen molar-refractivity contribution in [3.8, 4) is 0 Å². The molecule has 1 atom stereocenters. The zero-order chi connectivity index (χ0) is 15.3. The van der Waals surface area contributed by atoms with Gasteiger partial charge in [0.2, 0.25) is 0 Å². The van der Waals surface area contributed by atoms with Crippen molar-refractivity contribution in [2.75, 3.05) is 13.2 Å². The highest BCUT2D eigenvalue weighted by Crippen LogP contribution is 2.44. The number of nitrogens with one attached hydrogen (secondary N) is 1. The molecule has 0 saturated heterocycles. The van der Waals surface area contributed by atoms with E-state index in [1.807, 2.05) is 11.7 Å². The molecule has 0 amide bonds. The minimum Gasteiger partial charge on any atom is -0.374 e. The van der Waals surface area contributed by atoms with Gasteiger partial charge in [-0.2, -0.15) is 0 Å². The lowest BCUT2D eigenvalue weighted by molar-refractivity contribution is -0.106. The molecule has 21 heavy (non-hydrogen) atoms. The Morgan fingerprint density at radius 3 is 2.52 bits per heavy atom. The third-order valence-corrected chi connectivity index (χ3v) is 5.66. The molecule has 3 nitrogen and oxygen atoms in total. The molecule has 0 radical (unpaired) electrons. The van der Waals surface area contributed by atoms with E-state index < -0.39 is 0 Å². The van der Waals surface area contributed by atoms with Gasteiger partial charge in [-0.25, -0.2) is 0 Å². The van der Waals surface area contributed by atoms with Crippen LogP contribution < -0.4 is 5.32 Å². The first-order valence-corrected chi connectivity index (χ1v) is 9.14. The lowest BCUT2D eigenvalue weighted by Crippen LogP contribution is -2.56. The summed E-state index contributed by atoms with van der Waals surface area (Å²) in [5.74, 6) is 0. The summed E-state index contributed by atoms with van der Waals surface area (Å²) in [5.41, 5.74) is 2.38. The third-order valence-electron chi connectivity index (χ3n) is 4.86. The largest absolute Gasteiger partial charge is 0.374 e. The standard InChI is InChI=1S/C17H30N2OS/c1-5-19-15(11-14-12-18-13-21-14)17(20-6-2)9-7-16(3,4)8-10-17/h12-13,15,19H,5-11H2,1-4H3. The fourth-order valence-corrected chi connectivity index (χ4v) is 4.11. The first-order chi connectivity index (χ1) is 10.0. The molecule has 4 heteroatoms. The molecule has 1 aliphatic carbocycles. The number of rotatable bonds is 7. The van der Waals surface area contributed by atoms with Crippen LogP contribution >= 0.6 is 11.3 Å². The number of nitrogens with zero attached hydrogens (tertiary/aromatic N) is 1. The van der Waals surface area contributed by atoms with Crippen LogP contribution in [0.4, 0.5) is 0 Å². The highest BCUT2D eigenvalue weighted by Gasteiger charge is 2.44. The fraction of sp³-hybridized carbons (Fsp3) is 0.824. The van der Waals surface area contributed by atoms with E-state index in [1.165, 1.54) is 17.7 Å². The first kappa shape index (κ1) is 16.9. The van der Waals surface area contributed by atoms with E-state index in [0.29, 0.717) is 11.5 Å². The van der Waals surface area contributed by atoms with Crippen molar-refractivity contribution in [2.24, 2.45) is 5.41 Å². The number of thiazole rings is 1. The highest BCUT2D eigenvalue weighted by atomic mass is 32.1. The van der Waals surface area contributed by atoms with Crippen molar-refractivity contribution in [3.63, 3.8) is 0 Å². The molecule has 1 fully saturated rings. The lowest BCUT2D eigenvalue weighted by atomic mass is 9.68. The summed E-state index contributed by atoms with van der Waals surface area (Å²) < 4.78 is 6.35. The Kier molecular flexibility index (Phi) is 5.81. The molecule has 2 rings (SSSR count). The van der Waals surface area contributed by atoms with Crippen LogP contribution in [0.2, 0.25) is 0 Å². The molecule has 0 bridgehead atoms. The van der Waals surface area contributed by atoms with E-state index in [-0.39, 0.29) is 5.60 Å². The Morgan fingerprint density at radius 2 is 2.00 bits per heavy atom. The van der Waals surface area contributed by atoms with E-state index in [4.69, 9.17) is 4.74 Å². The topological polar surface area (TPSA) is 34.2 Å². The Balaban J connectivity index is 2.15.